The fourth-order valence-corrected chi connectivity index (χ4v) is 3.33. The number of phosphoric acid groups is 1. The molecule has 0 amide bonds. The van der Waals surface area contributed by atoms with E-state index >= 15 is 4.39 Å². The second kappa shape index (κ2) is 12.9. The SMILES string of the molecule is O=P(O)(O)OC(F)C(F)(C(F)(F)C(F)(F)C(F)C(F)C(F)C(F)C(F)C(F)F)C(F)(F)C(F)(F)C(F)(F)C(F)(F)C(F)(F)C(F)(F)F. The van der Waals surface area contributed by atoms with Gasteiger partial charge in [0.1, 0.15) is 0 Å². The molecule has 0 bridgehead atoms. The van der Waals surface area contributed by atoms with E-state index in [0.717, 1.165) is 0 Å². The van der Waals surface area contributed by atoms with Crippen LogP contribution in [0.1, 0.15) is 0 Å². The molecular formula is C16H9F26O4P. The molecular weight excluding hydrogens is 781 g/mol. The van der Waals surface area contributed by atoms with Gasteiger partial charge in [-0.15, -0.1) is 0 Å². The van der Waals surface area contributed by atoms with Crippen LogP contribution in [0.3, 0.4) is 0 Å². The molecule has 4 nitrogen and oxygen atoms in total. The molecule has 0 rings (SSSR count). The summed E-state index contributed by atoms with van der Waals surface area (Å²) >= 11 is 0. The maximum absolute atomic E-state index is 15.0. The Morgan fingerprint density at radius 3 is 1.09 bits per heavy atom. The molecule has 0 saturated carbocycles. The number of hydrogen-bond donors (Lipinski definition) is 2. The zero-order valence-corrected chi connectivity index (χ0v) is 21.4. The molecule has 31 heteroatoms. The molecule has 0 aliphatic heterocycles. The highest BCUT2D eigenvalue weighted by molar-refractivity contribution is 7.46. The minimum absolute atomic E-state index is 1.92. The summed E-state index contributed by atoms with van der Waals surface area (Å²) in [5.41, 5.74) is -9.17. The predicted octanol–water partition coefficient (Wildman–Crippen LogP) is 8.06. The Bertz CT molecular complexity index is 1120. The van der Waals surface area contributed by atoms with Gasteiger partial charge < -0.3 is 9.79 Å². The lowest BCUT2D eigenvalue weighted by atomic mass is 9.78. The lowest BCUT2D eigenvalue weighted by Crippen LogP contribution is -2.79. The zero-order chi connectivity index (χ0) is 38.7. The summed E-state index contributed by atoms with van der Waals surface area (Å²) in [4.78, 5) is 16.4. The third-order valence-corrected chi connectivity index (χ3v) is 6.05. The van der Waals surface area contributed by atoms with Crippen molar-refractivity contribution in [3.8, 4) is 0 Å². The molecule has 7 unspecified atom stereocenters. The van der Waals surface area contributed by atoms with Gasteiger partial charge in [0.15, 0.2) is 24.7 Å². The summed E-state index contributed by atoms with van der Waals surface area (Å²) in [7, 11) is -7.54. The van der Waals surface area contributed by atoms with E-state index in [9.17, 15) is 114 Å². The van der Waals surface area contributed by atoms with Crippen LogP contribution >= 0.6 is 7.82 Å². The van der Waals surface area contributed by atoms with Gasteiger partial charge in [0.05, 0.1) is 0 Å². The molecule has 0 spiro atoms. The van der Waals surface area contributed by atoms with Crippen LogP contribution in [0.15, 0.2) is 0 Å². The highest BCUT2D eigenvalue weighted by Crippen LogP contribution is 2.67. The molecule has 2 N–H and O–H groups in total. The minimum Gasteiger partial charge on any atom is -0.303 e. The number of alkyl halides is 26. The largest absolute Gasteiger partial charge is 0.472 e. The average Bonchev–Trinajstić information content (AvgIpc) is 2.87. The molecule has 0 fully saturated rings. The van der Waals surface area contributed by atoms with Gasteiger partial charge in [0, 0.05) is 0 Å². The standard InChI is InChI=1S/C16H9F26O4P/c17-1(2(18)4(20)6(22)23)3(19)5(21)9(26,27)10(28,29)8(25,7(24)46-47(43,44)45)11(30,31)12(32,33)13(34,35)14(36,37)15(38,39)16(40,41)42/h1-7H,(H2,43,44,45). The molecule has 0 aromatic rings. The van der Waals surface area contributed by atoms with Gasteiger partial charge in [-0.2, -0.15) is 74.6 Å². The van der Waals surface area contributed by atoms with E-state index in [4.69, 9.17) is 9.79 Å². The quantitative estimate of drug-likeness (QED) is 0.123. The molecule has 7 atom stereocenters. The van der Waals surface area contributed by atoms with Gasteiger partial charge in [-0.1, -0.05) is 0 Å². The van der Waals surface area contributed by atoms with Crippen molar-refractivity contribution in [2.75, 3.05) is 0 Å². The summed E-state index contributed by atoms with van der Waals surface area (Å²) < 4.78 is 364. The van der Waals surface area contributed by atoms with Crippen molar-refractivity contribution in [3.63, 3.8) is 0 Å². The van der Waals surface area contributed by atoms with Crippen LogP contribution in [0.2, 0.25) is 0 Å². The van der Waals surface area contributed by atoms with Crippen LogP contribution in [-0.2, 0) is 9.09 Å². The van der Waals surface area contributed by atoms with E-state index in [0.29, 0.717) is 0 Å². The van der Waals surface area contributed by atoms with Gasteiger partial charge >= 0.3 is 61.1 Å². The smallest absolute Gasteiger partial charge is 0.303 e. The molecule has 284 valence electrons. The van der Waals surface area contributed by atoms with Crippen molar-refractivity contribution in [3.05, 3.63) is 0 Å². The first-order chi connectivity index (χ1) is 20.1. The molecule has 0 aliphatic rings. The van der Waals surface area contributed by atoms with Crippen LogP contribution in [0.5, 0.6) is 0 Å². The zero-order valence-electron chi connectivity index (χ0n) is 20.5. The summed E-state index contributed by atoms with van der Waals surface area (Å²) in [6, 6.07) is 0. The predicted molar refractivity (Wildman–Crippen MR) is 93.0 cm³/mol. The maximum Gasteiger partial charge on any atom is 0.472 e. The van der Waals surface area contributed by atoms with E-state index in [1.807, 2.05) is 4.52 Å². The summed E-state index contributed by atoms with van der Waals surface area (Å²) in [5, 5.41) is 0. The lowest BCUT2D eigenvalue weighted by molar-refractivity contribution is -0.465. The fraction of sp³-hybridized carbons (Fsp3) is 1.00. The molecule has 0 aromatic carbocycles. The van der Waals surface area contributed by atoms with Crippen LogP contribution < -0.4 is 0 Å². The van der Waals surface area contributed by atoms with Gasteiger partial charge in [0.25, 0.3) is 12.8 Å². The molecule has 0 aromatic heterocycles. The Morgan fingerprint density at radius 2 is 0.766 bits per heavy atom. The fourth-order valence-electron chi connectivity index (χ4n) is 2.94. The first-order valence-corrected chi connectivity index (χ1v) is 11.9. The number of rotatable bonds is 16. The summed E-state index contributed by atoms with van der Waals surface area (Å²) in [6.07, 6.45) is -47.4. The molecule has 0 heterocycles. The van der Waals surface area contributed by atoms with E-state index < -0.39 is 105 Å². The van der Waals surface area contributed by atoms with Gasteiger partial charge in [-0.25, -0.2) is 48.6 Å². The Kier molecular flexibility index (Phi) is 12.4. The van der Waals surface area contributed by atoms with Gasteiger partial charge in [-0.05, 0) is 0 Å². The number of halogens is 26. The van der Waals surface area contributed by atoms with E-state index in [1.165, 1.54) is 0 Å². The Labute approximate surface area is 239 Å². The van der Waals surface area contributed by atoms with Crippen LogP contribution in [0, 0.1) is 0 Å². The van der Waals surface area contributed by atoms with Crippen molar-refractivity contribution in [2.45, 2.75) is 96.9 Å². The lowest BCUT2D eigenvalue weighted by Gasteiger charge is -2.48. The Hall–Kier alpha value is -1.71. The van der Waals surface area contributed by atoms with Crippen LogP contribution in [0.25, 0.3) is 0 Å². The second-order valence-corrected chi connectivity index (χ2v) is 9.90. The highest BCUT2D eigenvalue weighted by Gasteiger charge is 2.98. The average molecular weight is 790 g/mol. The Morgan fingerprint density at radius 1 is 0.447 bits per heavy atom. The molecule has 47 heavy (non-hydrogen) atoms. The second-order valence-electron chi connectivity index (χ2n) is 8.70. The van der Waals surface area contributed by atoms with Crippen molar-refractivity contribution in [1.29, 1.82) is 0 Å². The topological polar surface area (TPSA) is 66.8 Å². The molecule has 0 aliphatic carbocycles. The van der Waals surface area contributed by atoms with Crippen molar-refractivity contribution in [1.82, 2.24) is 0 Å². The van der Waals surface area contributed by atoms with E-state index in [2.05, 4.69) is 0 Å². The van der Waals surface area contributed by atoms with Crippen molar-refractivity contribution in [2.24, 2.45) is 0 Å². The molecule has 0 radical (unpaired) electrons. The van der Waals surface area contributed by atoms with Crippen LogP contribution in [-0.4, -0.2) is 107 Å². The van der Waals surface area contributed by atoms with E-state index in [-0.39, 0.29) is 0 Å². The van der Waals surface area contributed by atoms with Crippen molar-refractivity contribution < 1.29 is 133 Å². The van der Waals surface area contributed by atoms with Gasteiger partial charge in [0.2, 0.25) is 6.17 Å². The minimum atomic E-state index is -9.62. The van der Waals surface area contributed by atoms with E-state index in [1.54, 1.807) is 0 Å². The third kappa shape index (κ3) is 6.88. The number of phosphoric ester groups is 1. The normalized spacial score (nSPS) is 20.8. The first kappa shape index (κ1) is 45.3. The summed E-state index contributed by atoms with van der Waals surface area (Å²) in [6.45, 7) is 0. The van der Waals surface area contributed by atoms with Crippen molar-refractivity contribution >= 4 is 7.82 Å². The maximum atomic E-state index is 15.0. The molecule has 0 saturated heterocycles. The third-order valence-electron chi connectivity index (χ3n) is 5.59. The van der Waals surface area contributed by atoms with Crippen LogP contribution in [0.4, 0.5) is 114 Å². The van der Waals surface area contributed by atoms with Gasteiger partial charge in [-0.3, -0.25) is 0 Å². The first-order valence-electron chi connectivity index (χ1n) is 10.4. The highest BCUT2D eigenvalue weighted by atomic mass is 31.2. The Balaban J connectivity index is 7.75. The number of hydrogen-bond acceptors (Lipinski definition) is 2. The monoisotopic (exact) mass is 790 g/mol. The summed E-state index contributed by atoms with van der Waals surface area (Å²) in [5.74, 6) is -64.3.